The van der Waals surface area contributed by atoms with Gasteiger partial charge in [-0.25, -0.2) is 4.98 Å². The van der Waals surface area contributed by atoms with Crippen molar-refractivity contribution in [3.63, 3.8) is 0 Å². The van der Waals surface area contributed by atoms with Crippen molar-refractivity contribution in [2.24, 2.45) is 5.92 Å². The average molecular weight is 462 g/mol. The lowest BCUT2D eigenvalue weighted by atomic mass is 9.89. The first-order valence-electron chi connectivity index (χ1n) is 12.5. The van der Waals surface area contributed by atoms with Gasteiger partial charge in [-0.05, 0) is 99.3 Å². The molecule has 1 aromatic carbocycles. The molecular weight excluding hydrogens is 426 g/mol. The standard InChI is InChI=1S/C27H35N5O2/c1-31-12-9-21(10-13-31)20-2-4-23(5-3-20)29-27-26-22(6-11-28-24(26)18-34)16-25(30-27)32-14-7-19(17-33)8-15-32/h2-6,11,16,18-19,21,24,28,33H,7-10,12-15,17H2,1H3,(H,29,30). The van der Waals surface area contributed by atoms with Crippen molar-refractivity contribution in [1.29, 1.82) is 0 Å². The molecule has 3 aliphatic rings. The van der Waals surface area contributed by atoms with E-state index in [4.69, 9.17) is 4.98 Å². The van der Waals surface area contributed by atoms with Crippen LogP contribution in [0.5, 0.6) is 0 Å². The molecule has 4 heterocycles. The number of pyridine rings is 1. The van der Waals surface area contributed by atoms with Gasteiger partial charge in [0.05, 0.1) is 0 Å². The van der Waals surface area contributed by atoms with Crippen LogP contribution in [-0.4, -0.2) is 61.1 Å². The van der Waals surface area contributed by atoms with Crippen LogP contribution in [0.15, 0.2) is 36.5 Å². The second-order valence-corrected chi connectivity index (χ2v) is 9.88. The molecule has 0 aliphatic carbocycles. The molecule has 2 saturated heterocycles. The Kier molecular flexibility index (Phi) is 6.83. The molecule has 0 amide bonds. The van der Waals surface area contributed by atoms with E-state index in [0.717, 1.165) is 73.8 Å². The van der Waals surface area contributed by atoms with Gasteiger partial charge >= 0.3 is 0 Å². The van der Waals surface area contributed by atoms with Crippen molar-refractivity contribution in [3.8, 4) is 0 Å². The summed E-state index contributed by atoms with van der Waals surface area (Å²) >= 11 is 0. The number of aliphatic hydroxyl groups excluding tert-OH is 1. The fourth-order valence-corrected chi connectivity index (χ4v) is 5.38. The van der Waals surface area contributed by atoms with Gasteiger partial charge in [-0.2, -0.15) is 0 Å². The summed E-state index contributed by atoms with van der Waals surface area (Å²) < 4.78 is 0. The second-order valence-electron chi connectivity index (χ2n) is 9.88. The minimum absolute atomic E-state index is 0.251. The summed E-state index contributed by atoms with van der Waals surface area (Å²) in [6.07, 6.45) is 9.11. The van der Waals surface area contributed by atoms with Crippen LogP contribution in [0.3, 0.4) is 0 Å². The highest BCUT2D eigenvalue weighted by Gasteiger charge is 2.26. The molecule has 2 aromatic rings. The van der Waals surface area contributed by atoms with Gasteiger partial charge in [-0.15, -0.1) is 0 Å². The molecule has 1 unspecified atom stereocenters. The van der Waals surface area contributed by atoms with E-state index in [1.807, 2.05) is 12.3 Å². The number of benzene rings is 1. The van der Waals surface area contributed by atoms with Crippen molar-refractivity contribution >= 4 is 29.7 Å². The lowest BCUT2D eigenvalue weighted by Crippen LogP contribution is -2.35. The summed E-state index contributed by atoms with van der Waals surface area (Å²) in [5.41, 5.74) is 4.26. The molecule has 0 bridgehead atoms. The fraction of sp³-hybridized carbons (Fsp3) is 0.481. The number of aliphatic hydroxyl groups is 1. The third-order valence-corrected chi connectivity index (χ3v) is 7.62. The smallest absolute Gasteiger partial charge is 0.146 e. The van der Waals surface area contributed by atoms with Gasteiger partial charge in [0.2, 0.25) is 0 Å². The monoisotopic (exact) mass is 461 g/mol. The molecule has 7 heteroatoms. The summed E-state index contributed by atoms with van der Waals surface area (Å²) in [6.45, 7) is 4.30. The Morgan fingerprint density at radius 2 is 1.85 bits per heavy atom. The zero-order valence-electron chi connectivity index (χ0n) is 19.9. The van der Waals surface area contributed by atoms with Crippen molar-refractivity contribution in [2.75, 3.05) is 50.1 Å². The van der Waals surface area contributed by atoms with Crippen LogP contribution in [0, 0.1) is 5.92 Å². The van der Waals surface area contributed by atoms with Gasteiger partial charge in [0.25, 0.3) is 0 Å². The largest absolute Gasteiger partial charge is 0.396 e. The first-order chi connectivity index (χ1) is 16.6. The van der Waals surface area contributed by atoms with E-state index in [9.17, 15) is 9.90 Å². The molecule has 180 valence electrons. The number of likely N-dealkylation sites (tertiary alicyclic amines) is 1. The Morgan fingerprint density at radius 3 is 2.53 bits per heavy atom. The van der Waals surface area contributed by atoms with Crippen LogP contribution in [0.2, 0.25) is 0 Å². The summed E-state index contributed by atoms with van der Waals surface area (Å²) in [7, 11) is 2.19. The maximum atomic E-state index is 11.8. The summed E-state index contributed by atoms with van der Waals surface area (Å²) in [4.78, 5) is 21.5. The second kappa shape index (κ2) is 10.2. The molecule has 2 fully saturated rings. The number of anilines is 3. The third-order valence-electron chi connectivity index (χ3n) is 7.62. The lowest BCUT2D eigenvalue weighted by molar-refractivity contribution is -0.109. The number of hydrogen-bond donors (Lipinski definition) is 3. The minimum atomic E-state index is -0.428. The molecular formula is C27H35N5O2. The van der Waals surface area contributed by atoms with E-state index < -0.39 is 6.04 Å². The first kappa shape index (κ1) is 22.9. The molecule has 0 radical (unpaired) electrons. The topological polar surface area (TPSA) is 80.7 Å². The Morgan fingerprint density at radius 1 is 1.12 bits per heavy atom. The SMILES string of the molecule is CN1CCC(c2ccc(Nc3nc(N4CCC(CO)CC4)cc4c3C(C=O)NC=C4)cc2)CC1. The number of nitrogens with zero attached hydrogens (tertiary/aromatic N) is 3. The summed E-state index contributed by atoms with van der Waals surface area (Å²) in [5, 5.41) is 16.1. The van der Waals surface area contributed by atoms with E-state index in [-0.39, 0.29) is 6.61 Å². The Hall–Kier alpha value is -2.90. The molecule has 0 saturated carbocycles. The van der Waals surface area contributed by atoms with E-state index >= 15 is 0 Å². The predicted molar refractivity (Wildman–Crippen MR) is 136 cm³/mol. The normalized spacial score (nSPS) is 21.7. The number of aromatic nitrogens is 1. The minimum Gasteiger partial charge on any atom is -0.396 e. The van der Waals surface area contributed by atoms with Crippen LogP contribution >= 0.6 is 0 Å². The van der Waals surface area contributed by atoms with Crippen LogP contribution in [0.1, 0.15) is 54.3 Å². The van der Waals surface area contributed by atoms with Crippen LogP contribution in [-0.2, 0) is 4.79 Å². The summed E-state index contributed by atoms with van der Waals surface area (Å²) in [6, 6.07) is 10.4. The highest BCUT2D eigenvalue weighted by molar-refractivity contribution is 5.78. The van der Waals surface area contributed by atoms with Gasteiger partial charge < -0.3 is 30.3 Å². The number of fused-ring (bicyclic) bond motifs is 1. The number of carbonyl (C=O) groups excluding carboxylic acids is 1. The number of aldehydes is 1. The zero-order chi connectivity index (χ0) is 23.5. The Bertz CT molecular complexity index is 1020. The van der Waals surface area contributed by atoms with Gasteiger partial charge in [0.15, 0.2) is 0 Å². The average Bonchev–Trinajstić information content (AvgIpc) is 2.89. The first-order valence-corrected chi connectivity index (χ1v) is 12.5. The van der Waals surface area contributed by atoms with Gasteiger partial charge in [-0.1, -0.05) is 12.1 Å². The van der Waals surface area contributed by atoms with Gasteiger partial charge in [-0.3, -0.25) is 0 Å². The van der Waals surface area contributed by atoms with Gasteiger partial charge in [0.1, 0.15) is 24.0 Å². The number of nitrogens with one attached hydrogen (secondary N) is 2. The van der Waals surface area contributed by atoms with E-state index in [0.29, 0.717) is 11.8 Å². The number of piperidine rings is 2. The summed E-state index contributed by atoms with van der Waals surface area (Å²) in [5.74, 6) is 2.63. The van der Waals surface area contributed by atoms with Crippen molar-refractivity contribution < 1.29 is 9.90 Å². The maximum Gasteiger partial charge on any atom is 0.146 e. The quantitative estimate of drug-likeness (QED) is 0.567. The number of hydrogen-bond acceptors (Lipinski definition) is 7. The molecule has 1 aromatic heterocycles. The van der Waals surface area contributed by atoms with Crippen LogP contribution in [0.4, 0.5) is 17.3 Å². The molecule has 7 nitrogen and oxygen atoms in total. The van der Waals surface area contributed by atoms with Crippen LogP contribution in [0.25, 0.3) is 6.08 Å². The zero-order valence-corrected chi connectivity index (χ0v) is 19.9. The molecule has 34 heavy (non-hydrogen) atoms. The molecule has 3 aliphatic heterocycles. The van der Waals surface area contributed by atoms with Gasteiger partial charge in [0, 0.05) is 30.9 Å². The van der Waals surface area contributed by atoms with E-state index in [2.05, 4.69) is 57.8 Å². The molecule has 3 N–H and O–H groups in total. The molecule has 0 spiro atoms. The highest BCUT2D eigenvalue weighted by Crippen LogP contribution is 2.35. The maximum absolute atomic E-state index is 11.8. The molecule has 5 rings (SSSR count). The van der Waals surface area contributed by atoms with E-state index in [1.165, 1.54) is 18.4 Å². The Labute approximate surface area is 201 Å². The lowest BCUT2D eigenvalue weighted by Gasteiger charge is -2.33. The number of rotatable bonds is 6. The molecule has 1 atom stereocenters. The fourth-order valence-electron chi connectivity index (χ4n) is 5.38. The van der Waals surface area contributed by atoms with Crippen molar-refractivity contribution in [2.45, 2.75) is 37.6 Å². The van der Waals surface area contributed by atoms with Crippen molar-refractivity contribution in [3.05, 3.63) is 53.2 Å². The third kappa shape index (κ3) is 4.81. The van der Waals surface area contributed by atoms with E-state index in [1.54, 1.807) is 0 Å². The number of carbonyl (C=O) groups is 1. The van der Waals surface area contributed by atoms with Crippen LogP contribution < -0.4 is 15.5 Å². The predicted octanol–water partition coefficient (Wildman–Crippen LogP) is 3.66. The van der Waals surface area contributed by atoms with Crippen molar-refractivity contribution in [1.82, 2.24) is 15.2 Å². The Balaban J connectivity index is 1.40. The highest BCUT2D eigenvalue weighted by atomic mass is 16.3.